The minimum atomic E-state index is -0.396. The maximum Gasteiger partial charge on any atom is 0.266 e. The van der Waals surface area contributed by atoms with Gasteiger partial charge < -0.3 is 0 Å². The number of carbonyl (C=O) groups excluding carboxylic acids is 2. The number of aromatic nitrogens is 1. The van der Waals surface area contributed by atoms with Crippen molar-refractivity contribution in [3.05, 3.63) is 89.5 Å². The predicted molar refractivity (Wildman–Crippen MR) is 137 cm³/mol. The van der Waals surface area contributed by atoms with Crippen LogP contribution in [-0.2, 0) is 0 Å². The number of halogens is 2. The average molecular weight is 558 g/mol. The summed E-state index contributed by atoms with van der Waals surface area (Å²) < 4.78 is 1.67. The quantitative estimate of drug-likeness (QED) is 0.318. The maximum atomic E-state index is 13.9. The number of carbonyl (C=O) groups is 2. The first-order valence-corrected chi connectivity index (χ1v) is 11.9. The molecular formula is C26H26Br2N2O2. The molecule has 6 heteroatoms. The zero-order chi connectivity index (χ0) is 23.9. The summed E-state index contributed by atoms with van der Waals surface area (Å²) in [6.45, 7) is 13.6. The van der Waals surface area contributed by atoms with Crippen LogP contribution in [-0.4, -0.2) is 16.8 Å². The smallest absolute Gasteiger partial charge is 0.266 e. The van der Waals surface area contributed by atoms with Crippen molar-refractivity contribution in [1.29, 1.82) is 0 Å². The van der Waals surface area contributed by atoms with Gasteiger partial charge in [0.25, 0.3) is 11.8 Å². The number of rotatable bonds is 3. The number of benzene rings is 2. The van der Waals surface area contributed by atoms with Gasteiger partial charge in [0.05, 0.1) is 0 Å². The molecule has 0 bridgehead atoms. The molecule has 4 nitrogen and oxygen atoms in total. The molecule has 0 unspecified atom stereocenters. The van der Waals surface area contributed by atoms with Gasteiger partial charge in [-0.1, -0.05) is 37.9 Å². The Morgan fingerprint density at radius 2 is 1.16 bits per heavy atom. The van der Waals surface area contributed by atoms with Crippen LogP contribution >= 0.6 is 31.9 Å². The van der Waals surface area contributed by atoms with Gasteiger partial charge in [-0.05, 0) is 106 Å². The van der Waals surface area contributed by atoms with E-state index in [9.17, 15) is 9.59 Å². The summed E-state index contributed by atoms with van der Waals surface area (Å²) in [7, 11) is 0. The van der Waals surface area contributed by atoms with Gasteiger partial charge in [0.2, 0.25) is 0 Å². The molecule has 3 aromatic rings. The highest BCUT2D eigenvalue weighted by atomic mass is 79.9. The molecule has 2 aromatic carbocycles. The van der Waals surface area contributed by atoms with E-state index in [1.54, 1.807) is 24.4 Å². The van der Waals surface area contributed by atoms with Crippen LogP contribution in [0.3, 0.4) is 0 Å². The van der Waals surface area contributed by atoms with Crippen molar-refractivity contribution in [3.8, 4) is 0 Å². The summed E-state index contributed by atoms with van der Waals surface area (Å²) in [5.74, 6) is -0.455. The summed E-state index contributed by atoms with van der Waals surface area (Å²) in [5.41, 5.74) is 7.55. The Morgan fingerprint density at radius 1 is 0.719 bits per heavy atom. The minimum absolute atomic E-state index is 0.338. The fourth-order valence-electron chi connectivity index (χ4n) is 3.69. The summed E-state index contributed by atoms with van der Waals surface area (Å²) in [6, 6.07) is 7.23. The molecule has 0 saturated carbocycles. The number of imide groups is 1. The third-order valence-electron chi connectivity index (χ3n) is 6.38. The summed E-state index contributed by atoms with van der Waals surface area (Å²) >= 11 is 7.12. The predicted octanol–water partition coefficient (Wildman–Crippen LogP) is 7.25. The van der Waals surface area contributed by atoms with Crippen molar-refractivity contribution in [3.63, 3.8) is 0 Å². The largest absolute Gasteiger partial charge is 0.268 e. The topological polar surface area (TPSA) is 50.3 Å². The first kappa shape index (κ1) is 24.3. The molecule has 0 aliphatic heterocycles. The van der Waals surface area contributed by atoms with E-state index in [1.165, 1.54) is 4.90 Å². The van der Waals surface area contributed by atoms with Crippen molar-refractivity contribution >= 4 is 49.5 Å². The number of hydrogen-bond acceptors (Lipinski definition) is 3. The number of hydrogen-bond donors (Lipinski definition) is 0. The lowest BCUT2D eigenvalue weighted by molar-refractivity contribution is 0.0895. The van der Waals surface area contributed by atoms with Crippen LogP contribution in [0.4, 0.5) is 5.82 Å². The highest BCUT2D eigenvalue weighted by Crippen LogP contribution is 2.31. The van der Waals surface area contributed by atoms with Gasteiger partial charge >= 0.3 is 0 Å². The maximum absolute atomic E-state index is 13.9. The molecule has 32 heavy (non-hydrogen) atoms. The van der Waals surface area contributed by atoms with E-state index < -0.39 is 11.8 Å². The molecule has 1 heterocycles. The molecule has 0 spiro atoms. The molecular weight excluding hydrogens is 532 g/mol. The Balaban J connectivity index is 2.27. The number of anilines is 1. The highest BCUT2D eigenvalue weighted by Gasteiger charge is 2.31. The molecule has 0 atom stereocenters. The third-order valence-corrected chi connectivity index (χ3v) is 8.02. The Kier molecular flexibility index (Phi) is 7.06. The van der Waals surface area contributed by atoms with Crippen molar-refractivity contribution in [2.75, 3.05) is 4.90 Å². The van der Waals surface area contributed by atoms with E-state index in [4.69, 9.17) is 0 Å². The molecule has 0 saturated heterocycles. The number of pyridine rings is 1. The standard InChI is InChI=1S/C26H26Br2N2O2/c1-13-9-8-10-29-24(13)30(25(31)20-11-22(27)18(6)14(2)16(20)4)26(32)21-12-23(28)19(7)15(3)17(21)5/h8-12H,1-7H3. The van der Waals surface area contributed by atoms with Gasteiger partial charge in [0.15, 0.2) is 0 Å². The molecule has 3 rings (SSSR count). The monoisotopic (exact) mass is 556 g/mol. The van der Waals surface area contributed by atoms with Crippen LogP contribution in [0.25, 0.3) is 0 Å². The van der Waals surface area contributed by atoms with E-state index >= 15 is 0 Å². The van der Waals surface area contributed by atoms with Gasteiger partial charge in [-0.15, -0.1) is 0 Å². The SMILES string of the molecule is Cc1cccnc1N(C(=O)c1cc(Br)c(C)c(C)c1C)C(=O)c1cc(Br)c(C)c(C)c1C. The van der Waals surface area contributed by atoms with E-state index in [2.05, 4.69) is 36.8 Å². The number of amides is 2. The fraction of sp³-hybridized carbons (Fsp3) is 0.269. The average Bonchev–Trinajstić information content (AvgIpc) is 2.77. The fourth-order valence-corrected chi connectivity index (χ4v) is 4.75. The first-order valence-electron chi connectivity index (χ1n) is 10.3. The van der Waals surface area contributed by atoms with Crippen molar-refractivity contribution in [1.82, 2.24) is 4.98 Å². The van der Waals surface area contributed by atoms with Gasteiger partial charge in [0, 0.05) is 26.3 Å². The van der Waals surface area contributed by atoms with Crippen molar-refractivity contribution in [2.24, 2.45) is 0 Å². The summed E-state index contributed by atoms with van der Waals surface area (Å²) in [4.78, 5) is 33.5. The van der Waals surface area contributed by atoms with E-state index in [1.807, 2.05) is 54.5 Å². The molecule has 0 aliphatic carbocycles. The van der Waals surface area contributed by atoms with E-state index in [-0.39, 0.29) is 0 Å². The minimum Gasteiger partial charge on any atom is -0.268 e. The molecule has 0 N–H and O–H groups in total. The lowest BCUT2D eigenvalue weighted by atomic mass is 9.96. The van der Waals surface area contributed by atoms with Gasteiger partial charge in [-0.25, -0.2) is 9.88 Å². The van der Waals surface area contributed by atoms with Crippen LogP contribution in [0.5, 0.6) is 0 Å². The van der Waals surface area contributed by atoms with Crippen LogP contribution in [0.15, 0.2) is 39.4 Å². The zero-order valence-corrected chi connectivity index (χ0v) is 22.5. The second-order valence-electron chi connectivity index (χ2n) is 8.15. The molecule has 1 aromatic heterocycles. The van der Waals surface area contributed by atoms with Gasteiger partial charge in [0.1, 0.15) is 5.82 Å². The highest BCUT2D eigenvalue weighted by molar-refractivity contribution is 9.10. The molecule has 0 fully saturated rings. The Labute approximate surface area is 206 Å². The normalized spacial score (nSPS) is 10.9. The second-order valence-corrected chi connectivity index (χ2v) is 9.86. The molecule has 0 radical (unpaired) electrons. The van der Waals surface area contributed by atoms with Crippen LogP contribution in [0.1, 0.15) is 59.7 Å². The van der Waals surface area contributed by atoms with E-state index in [0.29, 0.717) is 16.9 Å². The van der Waals surface area contributed by atoms with Crippen LogP contribution < -0.4 is 4.90 Å². The summed E-state index contributed by atoms with van der Waals surface area (Å²) in [6.07, 6.45) is 1.60. The molecule has 166 valence electrons. The molecule has 0 aliphatic rings. The Morgan fingerprint density at radius 3 is 1.56 bits per heavy atom. The van der Waals surface area contributed by atoms with Gasteiger partial charge in [-0.3, -0.25) is 9.59 Å². The van der Waals surface area contributed by atoms with Gasteiger partial charge in [-0.2, -0.15) is 0 Å². The number of nitrogens with zero attached hydrogens (tertiary/aromatic N) is 2. The lowest BCUT2D eigenvalue weighted by Gasteiger charge is -2.25. The van der Waals surface area contributed by atoms with E-state index in [0.717, 1.165) is 47.9 Å². The zero-order valence-electron chi connectivity index (χ0n) is 19.4. The molecule has 2 amide bonds. The lowest BCUT2D eigenvalue weighted by Crippen LogP contribution is -2.39. The van der Waals surface area contributed by atoms with Crippen molar-refractivity contribution in [2.45, 2.75) is 48.5 Å². The van der Waals surface area contributed by atoms with Crippen molar-refractivity contribution < 1.29 is 9.59 Å². The summed E-state index contributed by atoms with van der Waals surface area (Å²) in [5, 5.41) is 0. The van der Waals surface area contributed by atoms with Crippen LogP contribution in [0, 0.1) is 48.5 Å². The first-order chi connectivity index (χ1) is 15.0. The second kappa shape index (κ2) is 9.28. The third kappa shape index (κ3) is 4.18. The Bertz CT molecular complexity index is 1190. The Hall–Kier alpha value is -2.31. The number of aryl methyl sites for hydroxylation is 1. The van der Waals surface area contributed by atoms with Crippen LogP contribution in [0.2, 0.25) is 0 Å².